The number of aromatic nitrogens is 2. The van der Waals surface area contributed by atoms with Crippen molar-refractivity contribution in [1.29, 1.82) is 0 Å². The van der Waals surface area contributed by atoms with Gasteiger partial charge in [0.25, 0.3) is 5.91 Å². The summed E-state index contributed by atoms with van der Waals surface area (Å²) < 4.78 is 1.78. The molecule has 108 valence electrons. The number of carboxylic acids is 1. The van der Waals surface area contributed by atoms with E-state index >= 15 is 0 Å². The molecule has 1 N–H and O–H groups in total. The normalized spacial score (nSPS) is 22.8. The predicted octanol–water partition coefficient (Wildman–Crippen LogP) is 1.23. The van der Waals surface area contributed by atoms with E-state index in [0.29, 0.717) is 31.1 Å². The number of carbonyl (C=O) groups excluding carboxylic acids is 1. The third-order valence-electron chi connectivity index (χ3n) is 4.42. The third-order valence-corrected chi connectivity index (χ3v) is 4.42. The van der Waals surface area contributed by atoms with E-state index in [4.69, 9.17) is 5.11 Å². The second-order valence-corrected chi connectivity index (χ2v) is 5.77. The number of aliphatic carboxylic acids is 1. The lowest BCUT2D eigenvalue weighted by Crippen LogP contribution is -2.32. The molecule has 1 aromatic rings. The van der Waals surface area contributed by atoms with Crippen LogP contribution in [-0.2, 0) is 11.3 Å². The van der Waals surface area contributed by atoms with E-state index < -0.39 is 11.9 Å². The van der Waals surface area contributed by atoms with Crippen molar-refractivity contribution in [2.45, 2.75) is 32.2 Å². The molecule has 2 aliphatic rings. The number of amides is 1. The first kappa shape index (κ1) is 13.1. The van der Waals surface area contributed by atoms with Crippen molar-refractivity contribution in [3.8, 4) is 0 Å². The topological polar surface area (TPSA) is 75.4 Å². The largest absolute Gasteiger partial charge is 0.481 e. The van der Waals surface area contributed by atoms with Gasteiger partial charge in [-0.3, -0.25) is 14.3 Å². The fraction of sp³-hybridized carbons (Fsp3) is 0.643. The molecule has 20 heavy (non-hydrogen) atoms. The van der Waals surface area contributed by atoms with Gasteiger partial charge in [-0.2, -0.15) is 5.10 Å². The molecule has 1 saturated heterocycles. The van der Waals surface area contributed by atoms with Gasteiger partial charge in [0, 0.05) is 25.8 Å². The summed E-state index contributed by atoms with van der Waals surface area (Å²) in [6.45, 7) is 1.62. The predicted molar refractivity (Wildman–Crippen MR) is 71.2 cm³/mol. The summed E-state index contributed by atoms with van der Waals surface area (Å²) in [5.41, 5.74) is 0.586. The highest BCUT2D eigenvalue weighted by Gasteiger charge is 2.32. The van der Waals surface area contributed by atoms with Gasteiger partial charge in [-0.1, -0.05) is 6.42 Å². The Labute approximate surface area is 117 Å². The van der Waals surface area contributed by atoms with E-state index in [2.05, 4.69) is 5.10 Å². The van der Waals surface area contributed by atoms with Crippen molar-refractivity contribution < 1.29 is 14.7 Å². The molecular weight excluding hydrogens is 258 g/mol. The molecule has 2 fully saturated rings. The molecule has 1 aliphatic carbocycles. The van der Waals surface area contributed by atoms with Crippen LogP contribution < -0.4 is 0 Å². The fourth-order valence-corrected chi connectivity index (χ4v) is 2.89. The van der Waals surface area contributed by atoms with Crippen molar-refractivity contribution in [3.05, 3.63) is 18.0 Å². The first-order valence-corrected chi connectivity index (χ1v) is 7.19. The number of likely N-dealkylation sites (tertiary alicyclic amines) is 1. The summed E-state index contributed by atoms with van der Waals surface area (Å²) >= 11 is 0. The molecule has 2 heterocycles. The zero-order chi connectivity index (χ0) is 14.1. The Kier molecular flexibility index (Phi) is 3.46. The molecule has 1 saturated carbocycles. The summed E-state index contributed by atoms with van der Waals surface area (Å²) in [5, 5.41) is 13.2. The van der Waals surface area contributed by atoms with E-state index in [-0.39, 0.29) is 5.91 Å². The van der Waals surface area contributed by atoms with Crippen molar-refractivity contribution in [1.82, 2.24) is 14.7 Å². The average molecular weight is 277 g/mol. The lowest BCUT2D eigenvalue weighted by Gasteiger charge is -2.26. The summed E-state index contributed by atoms with van der Waals surface area (Å²) in [6.07, 6.45) is 5.87. The Morgan fingerprint density at radius 1 is 1.35 bits per heavy atom. The van der Waals surface area contributed by atoms with E-state index in [1.54, 1.807) is 21.8 Å². The van der Waals surface area contributed by atoms with Gasteiger partial charge in [0.05, 0.1) is 5.92 Å². The van der Waals surface area contributed by atoms with Gasteiger partial charge >= 0.3 is 5.97 Å². The Bertz CT molecular complexity index is 521. The van der Waals surface area contributed by atoms with Gasteiger partial charge < -0.3 is 10.0 Å². The van der Waals surface area contributed by atoms with Crippen LogP contribution in [0.4, 0.5) is 0 Å². The Morgan fingerprint density at radius 3 is 2.75 bits per heavy atom. The second kappa shape index (κ2) is 5.26. The molecule has 1 aromatic heterocycles. The number of carboxylic acid groups (broad SMARTS) is 1. The Hall–Kier alpha value is -1.85. The maximum atomic E-state index is 12.5. The van der Waals surface area contributed by atoms with Gasteiger partial charge in [-0.05, 0) is 31.2 Å². The van der Waals surface area contributed by atoms with Crippen molar-refractivity contribution in [3.63, 3.8) is 0 Å². The lowest BCUT2D eigenvalue weighted by atomic mass is 9.85. The minimum absolute atomic E-state index is 0.0921. The fourth-order valence-electron chi connectivity index (χ4n) is 2.89. The molecule has 3 rings (SSSR count). The van der Waals surface area contributed by atoms with E-state index in [1.807, 2.05) is 0 Å². The molecule has 1 aliphatic heterocycles. The molecule has 6 nitrogen and oxygen atoms in total. The second-order valence-electron chi connectivity index (χ2n) is 5.77. The average Bonchev–Trinajstić information content (AvgIpc) is 3.02. The zero-order valence-electron chi connectivity index (χ0n) is 11.4. The number of hydrogen-bond donors (Lipinski definition) is 1. The van der Waals surface area contributed by atoms with E-state index in [1.165, 1.54) is 19.3 Å². The van der Waals surface area contributed by atoms with Crippen molar-refractivity contribution in [2.75, 3.05) is 13.1 Å². The van der Waals surface area contributed by atoms with Gasteiger partial charge in [0.15, 0.2) is 0 Å². The maximum absolute atomic E-state index is 12.5. The third kappa shape index (κ3) is 2.42. The van der Waals surface area contributed by atoms with Crippen LogP contribution in [0.2, 0.25) is 0 Å². The van der Waals surface area contributed by atoms with Crippen LogP contribution in [0.3, 0.4) is 0 Å². The summed E-state index contributed by atoms with van der Waals surface area (Å²) in [7, 11) is 0. The highest BCUT2D eigenvalue weighted by atomic mass is 16.4. The minimum Gasteiger partial charge on any atom is -0.481 e. The van der Waals surface area contributed by atoms with Crippen molar-refractivity contribution >= 4 is 11.9 Å². The standard InChI is InChI=1S/C14H19N3O3/c18-13(16-7-5-11(9-16)14(19)20)12-4-6-15-17(12)8-10-2-1-3-10/h4,6,10-11H,1-3,5,7-9H2,(H,19,20). The number of nitrogens with zero attached hydrogens (tertiary/aromatic N) is 3. The van der Waals surface area contributed by atoms with Gasteiger partial charge in [-0.25, -0.2) is 0 Å². The molecule has 1 unspecified atom stereocenters. The number of rotatable bonds is 4. The van der Waals surface area contributed by atoms with Crippen LogP contribution in [0, 0.1) is 11.8 Å². The molecular formula is C14H19N3O3. The number of hydrogen-bond acceptors (Lipinski definition) is 3. The highest BCUT2D eigenvalue weighted by Crippen LogP contribution is 2.28. The van der Waals surface area contributed by atoms with E-state index in [0.717, 1.165) is 6.54 Å². The Balaban J connectivity index is 1.68. The summed E-state index contributed by atoms with van der Waals surface area (Å²) in [5.74, 6) is -0.706. The van der Waals surface area contributed by atoms with Gasteiger partial charge in [0.1, 0.15) is 5.69 Å². The van der Waals surface area contributed by atoms with Gasteiger partial charge in [0.2, 0.25) is 0 Å². The van der Waals surface area contributed by atoms with E-state index in [9.17, 15) is 9.59 Å². The molecule has 0 aromatic carbocycles. The maximum Gasteiger partial charge on any atom is 0.308 e. The van der Waals surface area contributed by atoms with Crippen LogP contribution >= 0.6 is 0 Å². The Morgan fingerprint density at radius 2 is 2.15 bits per heavy atom. The van der Waals surface area contributed by atoms with Crippen molar-refractivity contribution in [2.24, 2.45) is 11.8 Å². The van der Waals surface area contributed by atoms with Crippen LogP contribution in [0.15, 0.2) is 12.3 Å². The van der Waals surface area contributed by atoms with Crippen LogP contribution in [0.25, 0.3) is 0 Å². The smallest absolute Gasteiger partial charge is 0.308 e. The number of carbonyl (C=O) groups is 2. The SMILES string of the molecule is O=C(O)C1CCN(C(=O)c2ccnn2CC2CCC2)C1. The molecule has 0 bridgehead atoms. The van der Waals surface area contributed by atoms with Gasteiger partial charge in [-0.15, -0.1) is 0 Å². The molecule has 0 radical (unpaired) electrons. The minimum atomic E-state index is -0.816. The molecule has 1 atom stereocenters. The molecule has 0 spiro atoms. The first-order chi connectivity index (χ1) is 9.65. The molecule has 1 amide bonds. The highest BCUT2D eigenvalue weighted by molar-refractivity contribution is 5.93. The van der Waals surface area contributed by atoms with Crippen LogP contribution in [0.1, 0.15) is 36.2 Å². The monoisotopic (exact) mass is 277 g/mol. The quantitative estimate of drug-likeness (QED) is 0.898. The molecule has 6 heteroatoms. The summed E-state index contributed by atoms with van der Waals surface area (Å²) in [4.78, 5) is 25.0. The summed E-state index contributed by atoms with van der Waals surface area (Å²) in [6, 6.07) is 1.73. The zero-order valence-corrected chi connectivity index (χ0v) is 11.4. The lowest BCUT2D eigenvalue weighted by molar-refractivity contribution is -0.141. The van der Waals surface area contributed by atoms with Crippen LogP contribution in [-0.4, -0.2) is 44.8 Å². The first-order valence-electron chi connectivity index (χ1n) is 7.19. The van der Waals surface area contributed by atoms with Crippen LogP contribution in [0.5, 0.6) is 0 Å².